The van der Waals surface area contributed by atoms with Gasteiger partial charge in [0.15, 0.2) is 0 Å². The van der Waals surface area contributed by atoms with Crippen LogP contribution in [0.3, 0.4) is 0 Å². The van der Waals surface area contributed by atoms with E-state index in [0.29, 0.717) is 13.2 Å². The summed E-state index contributed by atoms with van der Waals surface area (Å²) in [5, 5.41) is 11.7. The number of nitrogens with zero attached hydrogens (tertiary/aromatic N) is 1. The quantitative estimate of drug-likeness (QED) is 0.309. The van der Waals surface area contributed by atoms with Gasteiger partial charge in [0.05, 0.1) is 6.61 Å². The van der Waals surface area contributed by atoms with Crippen molar-refractivity contribution in [1.82, 2.24) is 5.32 Å². The van der Waals surface area contributed by atoms with Crippen LogP contribution in [0.1, 0.15) is 38.2 Å². The number of nitrogens with one attached hydrogen (secondary N) is 1. The molecule has 0 aromatic heterocycles. The SMILES string of the molecule is C=CCNC(=O)/C(C#N)=C/c1ccc(OCCCCCC)cc1. The van der Waals surface area contributed by atoms with Crippen molar-refractivity contribution in [3.05, 3.63) is 48.1 Å². The van der Waals surface area contributed by atoms with Gasteiger partial charge in [-0.05, 0) is 30.2 Å². The second-order valence-corrected chi connectivity index (χ2v) is 5.15. The van der Waals surface area contributed by atoms with E-state index in [4.69, 9.17) is 10.00 Å². The lowest BCUT2D eigenvalue weighted by molar-refractivity contribution is -0.116. The van der Waals surface area contributed by atoms with E-state index < -0.39 is 5.91 Å². The number of hydrogen-bond acceptors (Lipinski definition) is 3. The van der Waals surface area contributed by atoms with E-state index >= 15 is 0 Å². The standard InChI is InChI=1S/C19H24N2O2/c1-3-5-6-7-13-23-18-10-8-16(9-11-18)14-17(15-20)19(22)21-12-4-2/h4,8-11,14H,2-3,5-7,12-13H2,1H3,(H,21,22)/b17-14+. The van der Waals surface area contributed by atoms with Crippen LogP contribution in [0.5, 0.6) is 5.75 Å². The number of amides is 1. The highest BCUT2D eigenvalue weighted by Crippen LogP contribution is 2.15. The minimum atomic E-state index is -0.399. The molecule has 0 bridgehead atoms. The predicted octanol–water partition coefficient (Wildman–Crippen LogP) is 3.85. The van der Waals surface area contributed by atoms with Gasteiger partial charge >= 0.3 is 0 Å². The number of benzene rings is 1. The van der Waals surface area contributed by atoms with Crippen LogP contribution in [0.15, 0.2) is 42.5 Å². The van der Waals surface area contributed by atoms with E-state index in [1.807, 2.05) is 30.3 Å². The van der Waals surface area contributed by atoms with Gasteiger partial charge in [-0.3, -0.25) is 4.79 Å². The zero-order valence-electron chi connectivity index (χ0n) is 13.7. The summed E-state index contributed by atoms with van der Waals surface area (Å²) in [5.41, 5.74) is 0.855. The topological polar surface area (TPSA) is 62.1 Å². The lowest BCUT2D eigenvalue weighted by Gasteiger charge is -2.06. The van der Waals surface area contributed by atoms with Gasteiger partial charge in [0.25, 0.3) is 5.91 Å². The van der Waals surface area contributed by atoms with Crippen molar-refractivity contribution in [2.45, 2.75) is 32.6 Å². The normalized spacial score (nSPS) is 10.7. The average molecular weight is 312 g/mol. The van der Waals surface area contributed by atoms with Gasteiger partial charge in [0.2, 0.25) is 0 Å². The molecular weight excluding hydrogens is 288 g/mol. The fraction of sp³-hybridized carbons (Fsp3) is 0.368. The van der Waals surface area contributed by atoms with Gasteiger partial charge in [-0.15, -0.1) is 6.58 Å². The van der Waals surface area contributed by atoms with Crippen molar-refractivity contribution >= 4 is 12.0 Å². The maximum absolute atomic E-state index is 11.8. The molecule has 1 amide bonds. The minimum absolute atomic E-state index is 0.0695. The molecule has 0 fully saturated rings. The van der Waals surface area contributed by atoms with Gasteiger partial charge in [0, 0.05) is 6.54 Å². The molecule has 1 rings (SSSR count). The van der Waals surface area contributed by atoms with Crippen LogP contribution in [0.4, 0.5) is 0 Å². The third kappa shape index (κ3) is 7.32. The Morgan fingerprint density at radius 3 is 2.65 bits per heavy atom. The lowest BCUT2D eigenvalue weighted by atomic mass is 10.1. The predicted molar refractivity (Wildman–Crippen MR) is 92.9 cm³/mol. The molecule has 23 heavy (non-hydrogen) atoms. The average Bonchev–Trinajstić information content (AvgIpc) is 2.58. The second kappa shape index (κ2) is 11.1. The number of hydrogen-bond donors (Lipinski definition) is 1. The number of carbonyl (C=O) groups excluding carboxylic acids is 1. The minimum Gasteiger partial charge on any atom is -0.494 e. The third-order valence-corrected chi connectivity index (χ3v) is 3.23. The monoisotopic (exact) mass is 312 g/mol. The zero-order valence-corrected chi connectivity index (χ0v) is 13.7. The molecule has 4 nitrogen and oxygen atoms in total. The van der Waals surface area contributed by atoms with Crippen molar-refractivity contribution in [3.8, 4) is 11.8 Å². The van der Waals surface area contributed by atoms with Crippen LogP contribution in [-0.4, -0.2) is 19.1 Å². The first-order valence-electron chi connectivity index (χ1n) is 7.95. The van der Waals surface area contributed by atoms with Crippen LogP contribution >= 0.6 is 0 Å². The Labute approximate surface area is 138 Å². The van der Waals surface area contributed by atoms with E-state index in [2.05, 4.69) is 18.8 Å². The van der Waals surface area contributed by atoms with Gasteiger partial charge in [-0.1, -0.05) is 44.4 Å². The highest BCUT2D eigenvalue weighted by atomic mass is 16.5. The van der Waals surface area contributed by atoms with Crippen LogP contribution in [0.2, 0.25) is 0 Å². The van der Waals surface area contributed by atoms with Crippen LogP contribution < -0.4 is 10.1 Å². The fourth-order valence-electron chi connectivity index (χ4n) is 1.95. The number of rotatable bonds is 10. The molecule has 122 valence electrons. The summed E-state index contributed by atoms with van der Waals surface area (Å²) in [6.45, 7) is 6.75. The first-order chi connectivity index (χ1) is 11.2. The van der Waals surface area contributed by atoms with E-state index in [1.54, 1.807) is 12.2 Å². The van der Waals surface area contributed by atoms with Crippen molar-refractivity contribution in [2.75, 3.05) is 13.2 Å². The Bertz CT molecular complexity index is 568. The summed E-state index contributed by atoms with van der Waals surface area (Å²) in [6.07, 6.45) is 7.81. The number of nitriles is 1. The maximum atomic E-state index is 11.8. The van der Waals surface area contributed by atoms with Crippen molar-refractivity contribution < 1.29 is 9.53 Å². The molecule has 0 aliphatic rings. The van der Waals surface area contributed by atoms with Gasteiger partial charge < -0.3 is 10.1 Å². The second-order valence-electron chi connectivity index (χ2n) is 5.15. The molecule has 1 N–H and O–H groups in total. The molecular formula is C19H24N2O2. The molecule has 4 heteroatoms. The van der Waals surface area contributed by atoms with E-state index in [0.717, 1.165) is 17.7 Å². The molecule has 0 radical (unpaired) electrons. The van der Waals surface area contributed by atoms with Crippen molar-refractivity contribution in [1.29, 1.82) is 5.26 Å². The molecule has 0 unspecified atom stereocenters. The summed E-state index contributed by atoms with van der Waals surface area (Å²) < 4.78 is 5.66. The number of unbranched alkanes of at least 4 members (excludes halogenated alkanes) is 3. The third-order valence-electron chi connectivity index (χ3n) is 3.23. The molecule has 0 aliphatic heterocycles. The van der Waals surface area contributed by atoms with Crippen LogP contribution in [0, 0.1) is 11.3 Å². The van der Waals surface area contributed by atoms with Crippen molar-refractivity contribution in [3.63, 3.8) is 0 Å². The van der Waals surface area contributed by atoms with Gasteiger partial charge in [-0.2, -0.15) is 5.26 Å². The van der Waals surface area contributed by atoms with Gasteiger partial charge in [-0.25, -0.2) is 0 Å². The first-order valence-corrected chi connectivity index (χ1v) is 7.95. The summed E-state index contributed by atoms with van der Waals surface area (Å²) in [6, 6.07) is 9.28. The number of carbonyl (C=O) groups is 1. The van der Waals surface area contributed by atoms with E-state index in [1.165, 1.54) is 19.3 Å². The first kappa shape index (κ1) is 18.5. The Kier molecular flexibility index (Phi) is 8.92. The zero-order chi connectivity index (χ0) is 16.9. The largest absolute Gasteiger partial charge is 0.494 e. The molecule has 0 saturated heterocycles. The molecule has 0 atom stereocenters. The van der Waals surface area contributed by atoms with Crippen LogP contribution in [-0.2, 0) is 4.79 Å². The lowest BCUT2D eigenvalue weighted by Crippen LogP contribution is -2.24. The molecule has 1 aromatic carbocycles. The van der Waals surface area contributed by atoms with E-state index in [-0.39, 0.29) is 5.57 Å². The Morgan fingerprint density at radius 1 is 1.30 bits per heavy atom. The highest BCUT2D eigenvalue weighted by molar-refractivity contribution is 6.01. The molecule has 0 heterocycles. The summed E-state index contributed by atoms with van der Waals surface area (Å²) >= 11 is 0. The smallest absolute Gasteiger partial charge is 0.262 e. The van der Waals surface area contributed by atoms with Crippen LogP contribution in [0.25, 0.3) is 6.08 Å². The summed E-state index contributed by atoms with van der Waals surface area (Å²) in [7, 11) is 0. The Balaban J connectivity index is 2.57. The highest BCUT2D eigenvalue weighted by Gasteiger charge is 2.07. The Hall–Kier alpha value is -2.54. The fourth-order valence-corrected chi connectivity index (χ4v) is 1.95. The Morgan fingerprint density at radius 2 is 2.04 bits per heavy atom. The maximum Gasteiger partial charge on any atom is 0.262 e. The molecule has 0 saturated carbocycles. The van der Waals surface area contributed by atoms with Gasteiger partial charge in [0.1, 0.15) is 17.4 Å². The van der Waals surface area contributed by atoms with E-state index in [9.17, 15) is 4.79 Å². The number of ether oxygens (including phenoxy) is 1. The summed E-state index contributed by atoms with van der Waals surface area (Å²) in [5.74, 6) is 0.400. The van der Waals surface area contributed by atoms with Crippen molar-refractivity contribution in [2.24, 2.45) is 0 Å². The molecule has 0 spiro atoms. The molecule has 1 aromatic rings. The summed E-state index contributed by atoms with van der Waals surface area (Å²) in [4.78, 5) is 11.8. The molecule has 0 aliphatic carbocycles.